The van der Waals surface area contributed by atoms with E-state index in [-0.39, 0.29) is 18.0 Å². The summed E-state index contributed by atoms with van der Waals surface area (Å²) in [6.45, 7) is 6.25. The van der Waals surface area contributed by atoms with E-state index < -0.39 is 5.97 Å². The number of piperidine rings is 1. The zero-order valence-corrected chi connectivity index (χ0v) is 13.8. The number of hydrogen-bond donors (Lipinski definition) is 1. The van der Waals surface area contributed by atoms with Crippen LogP contribution in [0.15, 0.2) is 24.3 Å². The van der Waals surface area contributed by atoms with Gasteiger partial charge in [-0.05, 0) is 57.0 Å². The van der Waals surface area contributed by atoms with Crippen molar-refractivity contribution >= 4 is 11.9 Å². The number of carboxylic acids is 1. The molecule has 0 aliphatic carbocycles. The van der Waals surface area contributed by atoms with Crippen molar-refractivity contribution in [1.29, 1.82) is 0 Å². The summed E-state index contributed by atoms with van der Waals surface area (Å²) < 4.78 is 5.30. The van der Waals surface area contributed by atoms with Crippen LogP contribution < -0.4 is 0 Å². The lowest BCUT2D eigenvalue weighted by Gasteiger charge is -2.30. The molecule has 1 aromatic carbocycles. The minimum Gasteiger partial charge on any atom is -0.481 e. The van der Waals surface area contributed by atoms with Gasteiger partial charge >= 0.3 is 11.9 Å². The van der Waals surface area contributed by atoms with Crippen molar-refractivity contribution in [3.8, 4) is 0 Å². The molecule has 2 rings (SSSR count). The molecule has 1 saturated heterocycles. The molecule has 0 saturated carbocycles. The van der Waals surface area contributed by atoms with Crippen LogP contribution >= 0.6 is 0 Å². The summed E-state index contributed by atoms with van der Waals surface area (Å²) in [4.78, 5) is 25.1. The molecule has 0 aromatic heterocycles. The Bertz CT molecular complexity index is 532. The standard InChI is InChI=1S/C18H25NO4/c1-3-13(2)23-18(22)16-6-4-14(5-7-16)12-19-10-8-15(9-11-19)17(20)21/h4-7,13,15H,3,8-12H2,1-2H3,(H,20,21). The second-order valence-corrected chi connectivity index (χ2v) is 6.21. The van der Waals surface area contributed by atoms with E-state index in [4.69, 9.17) is 9.84 Å². The maximum atomic E-state index is 11.9. The summed E-state index contributed by atoms with van der Waals surface area (Å²) >= 11 is 0. The van der Waals surface area contributed by atoms with E-state index in [0.29, 0.717) is 18.4 Å². The van der Waals surface area contributed by atoms with Gasteiger partial charge in [0, 0.05) is 6.54 Å². The maximum absolute atomic E-state index is 11.9. The molecule has 0 amide bonds. The van der Waals surface area contributed by atoms with E-state index in [0.717, 1.165) is 31.6 Å². The Morgan fingerprint density at radius 1 is 1.26 bits per heavy atom. The normalized spacial score (nSPS) is 17.7. The smallest absolute Gasteiger partial charge is 0.338 e. The average molecular weight is 319 g/mol. The minimum atomic E-state index is -0.686. The molecule has 0 radical (unpaired) electrons. The van der Waals surface area contributed by atoms with Gasteiger partial charge in [0.2, 0.25) is 0 Å². The van der Waals surface area contributed by atoms with Crippen molar-refractivity contribution in [2.75, 3.05) is 13.1 Å². The maximum Gasteiger partial charge on any atom is 0.338 e. The van der Waals surface area contributed by atoms with Crippen LogP contribution in [0.2, 0.25) is 0 Å². The predicted molar refractivity (Wildman–Crippen MR) is 87.2 cm³/mol. The second-order valence-electron chi connectivity index (χ2n) is 6.21. The number of carboxylic acid groups (broad SMARTS) is 1. The van der Waals surface area contributed by atoms with Crippen molar-refractivity contribution in [1.82, 2.24) is 4.90 Å². The molecule has 5 nitrogen and oxygen atoms in total. The molecule has 23 heavy (non-hydrogen) atoms. The number of aliphatic carboxylic acids is 1. The number of nitrogens with zero attached hydrogens (tertiary/aromatic N) is 1. The number of carbonyl (C=O) groups excluding carboxylic acids is 1. The average Bonchev–Trinajstić information content (AvgIpc) is 2.55. The number of benzene rings is 1. The fraction of sp³-hybridized carbons (Fsp3) is 0.556. The molecule has 1 aliphatic rings. The van der Waals surface area contributed by atoms with Crippen LogP contribution in [0.25, 0.3) is 0 Å². The third kappa shape index (κ3) is 5.06. The summed E-state index contributed by atoms with van der Waals surface area (Å²) in [5, 5.41) is 9.01. The largest absolute Gasteiger partial charge is 0.481 e. The second kappa shape index (κ2) is 8.11. The first-order chi connectivity index (χ1) is 11.0. The highest BCUT2D eigenvalue weighted by Gasteiger charge is 2.24. The molecule has 1 N–H and O–H groups in total. The highest BCUT2D eigenvalue weighted by atomic mass is 16.5. The lowest BCUT2D eigenvalue weighted by molar-refractivity contribution is -0.143. The number of rotatable bonds is 6. The number of likely N-dealkylation sites (tertiary alicyclic amines) is 1. The SMILES string of the molecule is CCC(C)OC(=O)c1ccc(CN2CCC(C(=O)O)CC2)cc1. The first-order valence-electron chi connectivity index (χ1n) is 8.24. The Morgan fingerprint density at radius 3 is 2.39 bits per heavy atom. The fourth-order valence-corrected chi connectivity index (χ4v) is 2.68. The van der Waals surface area contributed by atoms with Gasteiger partial charge in [0.15, 0.2) is 0 Å². The van der Waals surface area contributed by atoms with E-state index in [1.165, 1.54) is 0 Å². The number of carbonyl (C=O) groups is 2. The van der Waals surface area contributed by atoms with Crippen LogP contribution in [0, 0.1) is 5.92 Å². The molecule has 1 heterocycles. The summed E-state index contributed by atoms with van der Waals surface area (Å²) in [5.41, 5.74) is 1.69. The first kappa shape index (κ1) is 17.5. The van der Waals surface area contributed by atoms with Gasteiger partial charge in [-0.25, -0.2) is 4.79 Å². The topological polar surface area (TPSA) is 66.8 Å². The van der Waals surface area contributed by atoms with Gasteiger partial charge < -0.3 is 9.84 Å². The summed E-state index contributed by atoms with van der Waals surface area (Å²) in [6, 6.07) is 7.47. The highest BCUT2D eigenvalue weighted by molar-refractivity contribution is 5.89. The summed E-state index contributed by atoms with van der Waals surface area (Å²) in [7, 11) is 0. The van der Waals surface area contributed by atoms with E-state index in [1.54, 1.807) is 12.1 Å². The number of ether oxygens (including phenoxy) is 1. The van der Waals surface area contributed by atoms with Crippen LogP contribution in [0.1, 0.15) is 49.0 Å². The Labute approximate surface area is 137 Å². The molecule has 0 spiro atoms. The molecular weight excluding hydrogens is 294 g/mol. The fourth-order valence-electron chi connectivity index (χ4n) is 2.68. The molecule has 1 fully saturated rings. The van der Waals surface area contributed by atoms with Crippen molar-refractivity contribution in [3.63, 3.8) is 0 Å². The van der Waals surface area contributed by atoms with Crippen LogP contribution in [-0.2, 0) is 16.1 Å². The van der Waals surface area contributed by atoms with Crippen molar-refractivity contribution < 1.29 is 19.4 Å². The number of hydrogen-bond acceptors (Lipinski definition) is 4. The third-order valence-electron chi connectivity index (χ3n) is 4.42. The van der Waals surface area contributed by atoms with E-state index in [2.05, 4.69) is 4.90 Å². The van der Waals surface area contributed by atoms with E-state index in [1.807, 2.05) is 26.0 Å². The van der Waals surface area contributed by atoms with Crippen LogP contribution in [0.4, 0.5) is 0 Å². The lowest BCUT2D eigenvalue weighted by Crippen LogP contribution is -2.35. The molecule has 1 unspecified atom stereocenters. The zero-order valence-electron chi connectivity index (χ0n) is 13.8. The van der Waals surface area contributed by atoms with Gasteiger partial charge in [-0.1, -0.05) is 19.1 Å². The van der Waals surface area contributed by atoms with E-state index in [9.17, 15) is 9.59 Å². The Kier molecular flexibility index (Phi) is 6.16. The summed E-state index contributed by atoms with van der Waals surface area (Å²) in [5.74, 6) is -1.18. The molecular formula is C18H25NO4. The van der Waals surface area contributed by atoms with Crippen molar-refractivity contribution in [3.05, 3.63) is 35.4 Å². The highest BCUT2D eigenvalue weighted by Crippen LogP contribution is 2.19. The molecule has 5 heteroatoms. The van der Waals surface area contributed by atoms with Crippen molar-refractivity contribution in [2.45, 2.75) is 45.8 Å². The van der Waals surface area contributed by atoms with Crippen LogP contribution in [0.5, 0.6) is 0 Å². The van der Waals surface area contributed by atoms with Gasteiger partial charge in [0.1, 0.15) is 0 Å². The van der Waals surface area contributed by atoms with E-state index >= 15 is 0 Å². The monoisotopic (exact) mass is 319 g/mol. The third-order valence-corrected chi connectivity index (χ3v) is 4.42. The molecule has 1 aromatic rings. The Hall–Kier alpha value is -1.88. The predicted octanol–water partition coefficient (Wildman–Crippen LogP) is 2.94. The molecule has 126 valence electrons. The Morgan fingerprint density at radius 2 is 1.87 bits per heavy atom. The molecule has 0 bridgehead atoms. The Balaban J connectivity index is 1.86. The lowest BCUT2D eigenvalue weighted by atomic mass is 9.97. The van der Waals surface area contributed by atoms with Gasteiger partial charge in [0.25, 0.3) is 0 Å². The van der Waals surface area contributed by atoms with Crippen molar-refractivity contribution in [2.24, 2.45) is 5.92 Å². The first-order valence-corrected chi connectivity index (χ1v) is 8.24. The van der Waals surface area contributed by atoms with Crippen LogP contribution in [0.3, 0.4) is 0 Å². The quantitative estimate of drug-likeness (QED) is 0.817. The summed E-state index contributed by atoms with van der Waals surface area (Å²) in [6.07, 6.45) is 2.14. The van der Waals surface area contributed by atoms with Crippen LogP contribution in [-0.4, -0.2) is 41.1 Å². The minimum absolute atomic E-state index is 0.0716. The van der Waals surface area contributed by atoms with Gasteiger partial charge in [-0.15, -0.1) is 0 Å². The van der Waals surface area contributed by atoms with Gasteiger partial charge in [-0.3, -0.25) is 9.69 Å². The van der Waals surface area contributed by atoms with Gasteiger partial charge in [0.05, 0.1) is 17.6 Å². The van der Waals surface area contributed by atoms with Gasteiger partial charge in [-0.2, -0.15) is 0 Å². The molecule has 1 atom stereocenters. The molecule has 1 aliphatic heterocycles. The number of esters is 1. The zero-order chi connectivity index (χ0) is 16.8.